The third-order valence-corrected chi connectivity index (χ3v) is 1.85. The minimum Gasteiger partial charge on any atom is -0.0883 e. The van der Waals surface area contributed by atoms with Crippen LogP contribution in [0.2, 0.25) is 0 Å². The summed E-state index contributed by atoms with van der Waals surface area (Å²) in [6.45, 7) is 2.10. The molecule has 1 aromatic rings. The molecule has 0 bridgehead atoms. The summed E-state index contributed by atoms with van der Waals surface area (Å²) in [5.41, 5.74) is 2.57. The first kappa shape index (κ1) is 8.54. The maximum atomic E-state index is 3.33. The highest BCUT2D eigenvalue weighted by Crippen LogP contribution is 2.04. The van der Waals surface area contributed by atoms with Crippen LogP contribution in [0.1, 0.15) is 11.1 Å². The van der Waals surface area contributed by atoms with Crippen molar-refractivity contribution in [2.45, 2.75) is 6.92 Å². The van der Waals surface area contributed by atoms with Crippen LogP contribution in [0, 0.1) is 6.92 Å². The second-order valence-electron chi connectivity index (χ2n) is 2.47. The predicted molar refractivity (Wildman–Crippen MR) is 54.0 cm³/mol. The largest absolute Gasteiger partial charge is 0.0883 e. The van der Waals surface area contributed by atoms with Gasteiger partial charge in [0, 0.05) is 5.33 Å². The first-order chi connectivity index (χ1) is 5.33. The number of allylic oxidation sites excluding steroid dienone is 1. The van der Waals surface area contributed by atoms with Crippen LogP contribution >= 0.6 is 15.9 Å². The Morgan fingerprint density at radius 3 is 2.45 bits per heavy atom. The zero-order valence-corrected chi connectivity index (χ0v) is 8.14. The van der Waals surface area contributed by atoms with Crippen molar-refractivity contribution in [3.63, 3.8) is 0 Å². The van der Waals surface area contributed by atoms with Crippen molar-refractivity contribution in [3.8, 4) is 0 Å². The molecule has 1 heteroatoms. The number of halogens is 1. The van der Waals surface area contributed by atoms with Gasteiger partial charge in [0.1, 0.15) is 0 Å². The Hall–Kier alpha value is -0.560. The maximum Gasteiger partial charge on any atom is 0.0215 e. The number of aryl methyl sites for hydroxylation is 1. The van der Waals surface area contributed by atoms with Crippen molar-refractivity contribution in [3.05, 3.63) is 41.5 Å². The molecule has 0 aliphatic rings. The molecule has 0 aliphatic heterocycles. The van der Waals surface area contributed by atoms with Crippen LogP contribution in [-0.2, 0) is 0 Å². The van der Waals surface area contributed by atoms with E-state index in [-0.39, 0.29) is 0 Å². The number of hydrogen-bond acceptors (Lipinski definition) is 0. The van der Waals surface area contributed by atoms with Gasteiger partial charge in [0.25, 0.3) is 0 Å². The fourth-order valence-electron chi connectivity index (χ4n) is 0.858. The summed E-state index contributed by atoms with van der Waals surface area (Å²) >= 11 is 3.33. The van der Waals surface area contributed by atoms with Gasteiger partial charge in [-0.15, -0.1) is 0 Å². The summed E-state index contributed by atoms with van der Waals surface area (Å²) in [7, 11) is 0. The third kappa shape index (κ3) is 2.89. The van der Waals surface area contributed by atoms with Crippen LogP contribution in [0.5, 0.6) is 0 Å². The average Bonchev–Trinajstić information content (AvgIpc) is 2.04. The Labute approximate surface area is 76.1 Å². The molecule has 0 atom stereocenters. The molecule has 0 aromatic heterocycles. The summed E-state index contributed by atoms with van der Waals surface area (Å²) in [6, 6.07) is 8.48. The normalized spacial score (nSPS) is 10.7. The molecule has 0 aliphatic carbocycles. The fourth-order valence-corrected chi connectivity index (χ4v) is 1.05. The highest BCUT2D eigenvalue weighted by molar-refractivity contribution is 9.09. The third-order valence-electron chi connectivity index (χ3n) is 1.48. The molecule has 1 rings (SSSR count). The van der Waals surface area contributed by atoms with E-state index in [2.05, 4.69) is 59.3 Å². The lowest BCUT2D eigenvalue weighted by Gasteiger charge is -1.92. The van der Waals surface area contributed by atoms with Gasteiger partial charge in [-0.05, 0) is 12.5 Å². The number of rotatable bonds is 2. The van der Waals surface area contributed by atoms with Crippen LogP contribution in [0.15, 0.2) is 30.3 Å². The molecule has 0 fully saturated rings. The molecule has 0 amide bonds. The summed E-state index contributed by atoms with van der Waals surface area (Å²) < 4.78 is 0. The van der Waals surface area contributed by atoms with Crippen LogP contribution in [0.4, 0.5) is 0 Å². The van der Waals surface area contributed by atoms with E-state index < -0.39 is 0 Å². The zero-order valence-electron chi connectivity index (χ0n) is 6.55. The van der Waals surface area contributed by atoms with E-state index in [1.165, 1.54) is 11.1 Å². The minimum atomic E-state index is 0.918. The van der Waals surface area contributed by atoms with Crippen molar-refractivity contribution in [1.82, 2.24) is 0 Å². The molecule has 11 heavy (non-hydrogen) atoms. The molecule has 0 heterocycles. The Morgan fingerprint density at radius 2 is 1.91 bits per heavy atom. The highest BCUT2D eigenvalue weighted by Gasteiger charge is 1.84. The average molecular weight is 211 g/mol. The van der Waals surface area contributed by atoms with E-state index in [9.17, 15) is 0 Å². The lowest BCUT2D eigenvalue weighted by molar-refractivity contribution is 1.46. The Balaban J connectivity index is 2.73. The molecule has 0 saturated heterocycles. The van der Waals surface area contributed by atoms with Gasteiger partial charge in [-0.2, -0.15) is 0 Å². The van der Waals surface area contributed by atoms with Gasteiger partial charge in [-0.1, -0.05) is 57.9 Å². The summed E-state index contributed by atoms with van der Waals surface area (Å²) in [4.78, 5) is 0. The van der Waals surface area contributed by atoms with E-state index in [0.717, 1.165) is 5.33 Å². The number of alkyl halides is 1. The second kappa shape index (κ2) is 4.35. The molecule has 1 aromatic carbocycles. The van der Waals surface area contributed by atoms with Crippen LogP contribution in [-0.4, -0.2) is 5.33 Å². The molecular weight excluding hydrogens is 200 g/mol. The smallest absolute Gasteiger partial charge is 0.0215 e. The lowest BCUT2D eigenvalue weighted by Crippen LogP contribution is -1.73. The molecule has 0 radical (unpaired) electrons. The maximum absolute atomic E-state index is 3.33. The summed E-state index contributed by atoms with van der Waals surface area (Å²) in [5.74, 6) is 0. The molecule has 0 nitrogen and oxygen atoms in total. The van der Waals surface area contributed by atoms with E-state index in [0.29, 0.717) is 0 Å². The van der Waals surface area contributed by atoms with E-state index in [1.54, 1.807) is 0 Å². The highest BCUT2D eigenvalue weighted by atomic mass is 79.9. The second-order valence-corrected chi connectivity index (χ2v) is 3.11. The van der Waals surface area contributed by atoms with Crippen LogP contribution in [0.25, 0.3) is 6.08 Å². The van der Waals surface area contributed by atoms with Gasteiger partial charge < -0.3 is 0 Å². The van der Waals surface area contributed by atoms with Gasteiger partial charge in [-0.3, -0.25) is 0 Å². The standard InChI is InChI=1S/C10H11Br/c1-9-4-6-10(7-5-9)3-2-8-11/h2-7H,8H2,1H3/b3-2+. The monoisotopic (exact) mass is 210 g/mol. The topological polar surface area (TPSA) is 0 Å². The van der Waals surface area contributed by atoms with Gasteiger partial charge in [0.05, 0.1) is 0 Å². The van der Waals surface area contributed by atoms with Gasteiger partial charge in [-0.25, -0.2) is 0 Å². The zero-order chi connectivity index (χ0) is 8.10. The van der Waals surface area contributed by atoms with Crippen LogP contribution < -0.4 is 0 Å². The molecule has 58 valence electrons. The van der Waals surface area contributed by atoms with E-state index >= 15 is 0 Å². The predicted octanol–water partition coefficient (Wildman–Crippen LogP) is 3.40. The Kier molecular flexibility index (Phi) is 3.37. The van der Waals surface area contributed by atoms with Crippen molar-refractivity contribution < 1.29 is 0 Å². The number of hydrogen-bond donors (Lipinski definition) is 0. The quantitative estimate of drug-likeness (QED) is 0.657. The first-order valence-corrected chi connectivity index (χ1v) is 4.74. The minimum absolute atomic E-state index is 0.918. The van der Waals surface area contributed by atoms with E-state index in [1.807, 2.05) is 0 Å². The van der Waals surface area contributed by atoms with Crippen molar-refractivity contribution in [1.29, 1.82) is 0 Å². The van der Waals surface area contributed by atoms with Gasteiger partial charge in [0.2, 0.25) is 0 Å². The van der Waals surface area contributed by atoms with E-state index in [4.69, 9.17) is 0 Å². The van der Waals surface area contributed by atoms with Gasteiger partial charge >= 0.3 is 0 Å². The summed E-state index contributed by atoms with van der Waals surface area (Å²) in [5, 5.41) is 0.918. The molecule has 0 saturated carbocycles. The van der Waals surface area contributed by atoms with Crippen molar-refractivity contribution in [2.24, 2.45) is 0 Å². The molecule has 0 N–H and O–H groups in total. The summed E-state index contributed by atoms with van der Waals surface area (Å²) in [6.07, 6.45) is 4.19. The molecular formula is C10H11Br. The molecule has 0 unspecified atom stereocenters. The van der Waals surface area contributed by atoms with Crippen molar-refractivity contribution >= 4 is 22.0 Å². The number of benzene rings is 1. The van der Waals surface area contributed by atoms with Gasteiger partial charge in [0.15, 0.2) is 0 Å². The SMILES string of the molecule is Cc1ccc(/C=C/CBr)cc1. The van der Waals surface area contributed by atoms with Crippen LogP contribution in [0.3, 0.4) is 0 Å². The fraction of sp³-hybridized carbons (Fsp3) is 0.200. The Bertz CT molecular complexity index is 234. The van der Waals surface area contributed by atoms with Crippen molar-refractivity contribution in [2.75, 3.05) is 5.33 Å². The Morgan fingerprint density at radius 1 is 1.27 bits per heavy atom. The first-order valence-electron chi connectivity index (χ1n) is 3.62. The molecule has 0 spiro atoms. The lowest BCUT2D eigenvalue weighted by atomic mass is 10.1.